The number of esters is 1. The zero-order valence-electron chi connectivity index (χ0n) is 14.6. The Morgan fingerprint density at radius 2 is 1.96 bits per heavy atom. The van der Waals surface area contributed by atoms with Crippen molar-refractivity contribution in [2.24, 2.45) is 0 Å². The van der Waals surface area contributed by atoms with E-state index in [0.717, 1.165) is 12.0 Å². The van der Waals surface area contributed by atoms with Crippen LogP contribution in [0.5, 0.6) is 17.2 Å². The molecule has 4 rings (SSSR count). The highest BCUT2D eigenvalue weighted by Gasteiger charge is 2.15. The molecule has 1 aromatic heterocycles. The van der Waals surface area contributed by atoms with E-state index in [1.807, 2.05) is 0 Å². The lowest BCUT2D eigenvalue weighted by Gasteiger charge is -2.09. The van der Waals surface area contributed by atoms with Crippen LogP contribution in [0.4, 0.5) is 0 Å². The predicted molar refractivity (Wildman–Crippen MR) is 101 cm³/mol. The molecule has 0 atom stereocenters. The van der Waals surface area contributed by atoms with Crippen molar-refractivity contribution in [2.75, 3.05) is 13.2 Å². The second kappa shape index (κ2) is 8.14. The van der Waals surface area contributed by atoms with Crippen molar-refractivity contribution in [3.63, 3.8) is 0 Å². The van der Waals surface area contributed by atoms with Crippen molar-refractivity contribution in [1.29, 1.82) is 0 Å². The lowest BCUT2D eigenvalue weighted by atomic mass is 10.2. The Morgan fingerprint density at radius 1 is 1.14 bits per heavy atom. The number of fused-ring (bicyclic) bond motifs is 1. The zero-order valence-corrected chi connectivity index (χ0v) is 15.4. The van der Waals surface area contributed by atoms with E-state index in [1.54, 1.807) is 42.5 Å². The number of aromatic nitrogens is 2. The van der Waals surface area contributed by atoms with Crippen LogP contribution < -0.4 is 14.2 Å². The quantitative estimate of drug-likeness (QED) is 0.370. The lowest BCUT2D eigenvalue weighted by Crippen LogP contribution is -2.03. The molecule has 0 bridgehead atoms. The lowest BCUT2D eigenvalue weighted by molar-refractivity contribution is -0.128. The van der Waals surface area contributed by atoms with E-state index in [9.17, 15) is 4.79 Å². The number of hydrogen-bond donors (Lipinski definition) is 0. The van der Waals surface area contributed by atoms with Crippen molar-refractivity contribution in [3.05, 3.63) is 59.5 Å². The fourth-order valence-electron chi connectivity index (χ4n) is 2.63. The van der Waals surface area contributed by atoms with Crippen LogP contribution in [0.1, 0.15) is 12.0 Å². The van der Waals surface area contributed by atoms with E-state index in [0.29, 0.717) is 46.9 Å². The molecule has 2 heterocycles. The topological polar surface area (TPSA) is 83.7 Å². The van der Waals surface area contributed by atoms with Gasteiger partial charge in [0, 0.05) is 18.1 Å². The summed E-state index contributed by atoms with van der Waals surface area (Å²) in [6, 6.07) is 10.2. The van der Waals surface area contributed by atoms with Crippen LogP contribution in [0.15, 0.2) is 53.3 Å². The van der Waals surface area contributed by atoms with Crippen molar-refractivity contribution >= 4 is 23.6 Å². The Kier molecular flexibility index (Phi) is 5.25. The van der Waals surface area contributed by atoms with Gasteiger partial charge in [-0.3, -0.25) is 0 Å². The van der Waals surface area contributed by atoms with Crippen LogP contribution in [0, 0.1) is 0 Å². The van der Waals surface area contributed by atoms with Gasteiger partial charge >= 0.3 is 5.97 Å². The molecule has 3 aromatic rings. The molecular weight excluding hydrogens is 384 g/mol. The van der Waals surface area contributed by atoms with Gasteiger partial charge < -0.3 is 18.6 Å². The molecule has 0 radical (unpaired) electrons. The Morgan fingerprint density at radius 3 is 2.75 bits per heavy atom. The van der Waals surface area contributed by atoms with Crippen LogP contribution in [0.25, 0.3) is 17.5 Å². The second-order valence-corrected chi connectivity index (χ2v) is 6.31. The molecule has 2 aromatic carbocycles. The summed E-state index contributed by atoms with van der Waals surface area (Å²) in [5, 5.41) is 7.88. The first-order valence-corrected chi connectivity index (χ1v) is 8.92. The van der Waals surface area contributed by atoms with Gasteiger partial charge in [-0.05, 0) is 48.0 Å². The van der Waals surface area contributed by atoms with Crippen molar-refractivity contribution in [2.45, 2.75) is 6.42 Å². The summed E-state index contributed by atoms with van der Waals surface area (Å²) in [5.74, 6) is 1.36. The first-order valence-electron chi connectivity index (χ1n) is 8.55. The van der Waals surface area contributed by atoms with Gasteiger partial charge in [-0.1, -0.05) is 11.6 Å². The Balaban J connectivity index is 1.43. The van der Waals surface area contributed by atoms with Crippen LogP contribution in [0.3, 0.4) is 0 Å². The number of carbonyl (C=O) groups excluding carboxylic acids is 1. The van der Waals surface area contributed by atoms with Crippen molar-refractivity contribution < 1.29 is 23.4 Å². The molecule has 0 spiro atoms. The van der Waals surface area contributed by atoms with Gasteiger partial charge in [0.25, 0.3) is 0 Å². The molecule has 0 amide bonds. The van der Waals surface area contributed by atoms with Crippen LogP contribution >= 0.6 is 11.6 Å². The van der Waals surface area contributed by atoms with Gasteiger partial charge in [0.15, 0.2) is 11.5 Å². The van der Waals surface area contributed by atoms with Crippen LogP contribution in [-0.4, -0.2) is 29.4 Å². The van der Waals surface area contributed by atoms with Crippen LogP contribution in [-0.2, 0) is 4.79 Å². The van der Waals surface area contributed by atoms with Crippen LogP contribution in [0.2, 0.25) is 5.02 Å². The summed E-state index contributed by atoms with van der Waals surface area (Å²) >= 11 is 6.25. The Hall–Kier alpha value is -3.32. The Bertz CT molecular complexity index is 1000. The first kappa shape index (κ1) is 18.1. The number of carbonyl (C=O) groups is 1. The molecular formula is C20H15ClN2O5. The highest BCUT2D eigenvalue weighted by atomic mass is 35.5. The summed E-state index contributed by atoms with van der Waals surface area (Å²) in [6.45, 7) is 1.11. The average Bonchev–Trinajstić information content (AvgIpc) is 3.12. The van der Waals surface area contributed by atoms with Gasteiger partial charge in [-0.25, -0.2) is 4.79 Å². The molecule has 0 aliphatic carbocycles. The molecule has 0 unspecified atom stereocenters. The number of benzene rings is 2. The maximum absolute atomic E-state index is 12.1. The normalized spacial score (nSPS) is 13.3. The maximum Gasteiger partial charge on any atom is 0.336 e. The Labute approximate surface area is 165 Å². The largest absolute Gasteiger partial charge is 0.489 e. The summed E-state index contributed by atoms with van der Waals surface area (Å²) in [6.07, 6.45) is 4.96. The van der Waals surface area contributed by atoms with E-state index in [-0.39, 0.29) is 0 Å². The summed E-state index contributed by atoms with van der Waals surface area (Å²) in [7, 11) is 0. The van der Waals surface area contributed by atoms with Crippen molar-refractivity contribution in [3.8, 4) is 28.7 Å². The molecule has 142 valence electrons. The number of rotatable bonds is 4. The second-order valence-electron chi connectivity index (χ2n) is 5.90. The molecule has 1 aliphatic heterocycles. The highest BCUT2D eigenvalue weighted by molar-refractivity contribution is 6.32. The molecule has 0 saturated carbocycles. The van der Waals surface area contributed by atoms with Gasteiger partial charge in [-0.15, -0.1) is 10.2 Å². The van der Waals surface area contributed by atoms with E-state index in [1.165, 1.54) is 12.5 Å². The highest BCUT2D eigenvalue weighted by Crippen LogP contribution is 2.38. The minimum absolute atomic E-state index is 0.393. The van der Waals surface area contributed by atoms with Gasteiger partial charge in [0.2, 0.25) is 12.3 Å². The third kappa shape index (κ3) is 4.15. The SMILES string of the molecule is O=C(/C=C/c1cc(Cl)c2c(c1)OCCCO2)Oc1ccc(-c2nnco2)cc1. The summed E-state index contributed by atoms with van der Waals surface area (Å²) < 4.78 is 21.6. The first-order chi connectivity index (χ1) is 13.7. The number of hydrogen-bond acceptors (Lipinski definition) is 7. The molecule has 0 fully saturated rings. The molecule has 28 heavy (non-hydrogen) atoms. The fourth-order valence-corrected chi connectivity index (χ4v) is 2.90. The van der Waals surface area contributed by atoms with E-state index >= 15 is 0 Å². The predicted octanol–water partition coefficient (Wildman–Crippen LogP) is 4.17. The smallest absolute Gasteiger partial charge is 0.336 e. The third-order valence-corrected chi connectivity index (χ3v) is 4.20. The zero-order chi connectivity index (χ0) is 19.3. The molecule has 7 nitrogen and oxygen atoms in total. The van der Waals surface area contributed by atoms with Gasteiger partial charge in [0.05, 0.1) is 18.2 Å². The third-order valence-electron chi connectivity index (χ3n) is 3.92. The van der Waals surface area contributed by atoms with E-state index in [2.05, 4.69) is 10.2 Å². The molecule has 8 heteroatoms. The van der Waals surface area contributed by atoms with E-state index < -0.39 is 5.97 Å². The van der Waals surface area contributed by atoms with E-state index in [4.69, 9.17) is 30.2 Å². The maximum atomic E-state index is 12.1. The summed E-state index contributed by atoms with van der Waals surface area (Å²) in [4.78, 5) is 12.1. The number of halogens is 1. The summed E-state index contributed by atoms with van der Waals surface area (Å²) in [5.41, 5.74) is 1.44. The van der Waals surface area contributed by atoms with Gasteiger partial charge in [-0.2, -0.15) is 0 Å². The minimum Gasteiger partial charge on any atom is -0.489 e. The molecule has 0 saturated heterocycles. The van der Waals surface area contributed by atoms with Gasteiger partial charge in [0.1, 0.15) is 5.75 Å². The standard InChI is InChI=1S/C20H15ClN2O5/c21-16-10-13(11-17-19(16)26-9-1-8-25-17)2-7-18(24)28-15-5-3-14(4-6-15)20-23-22-12-27-20/h2-7,10-12H,1,8-9H2/b7-2+. The minimum atomic E-state index is -0.520. The number of ether oxygens (including phenoxy) is 3. The number of nitrogens with zero attached hydrogens (tertiary/aromatic N) is 2. The van der Waals surface area contributed by atoms with Crippen molar-refractivity contribution in [1.82, 2.24) is 10.2 Å². The molecule has 0 N–H and O–H groups in total. The monoisotopic (exact) mass is 398 g/mol. The average molecular weight is 399 g/mol. The fraction of sp³-hybridized carbons (Fsp3) is 0.150. The molecule has 1 aliphatic rings.